The molecule has 34 heavy (non-hydrogen) atoms. The van der Waals surface area contributed by atoms with Gasteiger partial charge in [0.25, 0.3) is 0 Å². The minimum absolute atomic E-state index is 0.158. The summed E-state index contributed by atoms with van der Waals surface area (Å²) in [4.78, 5) is 15.8. The van der Waals surface area contributed by atoms with Gasteiger partial charge in [0.15, 0.2) is 0 Å². The maximum Gasteiger partial charge on any atom is 0.219 e. The maximum atomic E-state index is 11.6. The summed E-state index contributed by atoms with van der Waals surface area (Å²) < 4.78 is 5.77. The average molecular weight is 480 g/mol. The Bertz CT molecular complexity index is 1140. The molecular weight excluding hydrogens is 446 g/mol. The highest BCUT2D eigenvalue weighted by Gasteiger charge is 2.22. The first-order valence-corrected chi connectivity index (χ1v) is 13.0. The van der Waals surface area contributed by atoms with Crippen molar-refractivity contribution in [3.05, 3.63) is 53.6 Å². The Morgan fingerprint density at radius 1 is 1.15 bits per heavy atom. The summed E-state index contributed by atoms with van der Waals surface area (Å²) in [7, 11) is 0. The van der Waals surface area contributed by atoms with Crippen molar-refractivity contribution in [1.29, 1.82) is 0 Å². The number of likely N-dealkylation sites (tertiary alicyclic amines) is 1. The topological polar surface area (TPSA) is 80.7 Å². The maximum absolute atomic E-state index is 11.6. The molecule has 0 radical (unpaired) electrons. The lowest BCUT2D eigenvalue weighted by Crippen LogP contribution is -2.41. The van der Waals surface area contributed by atoms with Gasteiger partial charge in [-0.3, -0.25) is 9.69 Å². The molecule has 3 aromatic rings. The third-order valence-electron chi connectivity index (χ3n) is 6.98. The second kappa shape index (κ2) is 10.3. The van der Waals surface area contributed by atoms with Crippen molar-refractivity contribution < 1.29 is 9.90 Å². The number of benzene rings is 2. The van der Waals surface area contributed by atoms with E-state index in [1.807, 2.05) is 4.90 Å². The molecule has 0 saturated carbocycles. The molecule has 1 fully saturated rings. The molecule has 180 valence electrons. The fraction of sp³-hybridized carbons (Fsp3) is 0.462. The highest BCUT2D eigenvalue weighted by atomic mass is 32.1. The van der Waals surface area contributed by atoms with Crippen LogP contribution in [0.15, 0.2) is 42.5 Å². The number of aliphatic hydroxyl groups is 1. The first-order chi connectivity index (χ1) is 16.6. The number of nitrogens with one attached hydrogen (secondary N) is 2. The number of carbonyl (C=O) groups is 1. The zero-order chi connectivity index (χ0) is 23.5. The van der Waals surface area contributed by atoms with Gasteiger partial charge in [-0.05, 0) is 54.1 Å². The predicted molar refractivity (Wildman–Crippen MR) is 138 cm³/mol. The smallest absolute Gasteiger partial charge is 0.219 e. The molecule has 1 aromatic heterocycles. The van der Waals surface area contributed by atoms with Crippen LogP contribution >= 0.6 is 11.5 Å². The van der Waals surface area contributed by atoms with Crippen LogP contribution in [0, 0.1) is 0 Å². The third kappa shape index (κ3) is 5.19. The number of piperidine rings is 1. The van der Waals surface area contributed by atoms with E-state index in [0.717, 1.165) is 67.0 Å². The highest BCUT2D eigenvalue weighted by Crippen LogP contribution is 2.34. The molecular formula is C26H33N5O2S. The van der Waals surface area contributed by atoms with E-state index in [0.29, 0.717) is 19.1 Å². The van der Waals surface area contributed by atoms with Crippen molar-refractivity contribution in [3.63, 3.8) is 0 Å². The fourth-order valence-electron chi connectivity index (χ4n) is 5.05. The molecule has 0 aliphatic carbocycles. The predicted octanol–water partition coefficient (Wildman–Crippen LogP) is 3.55. The fourth-order valence-corrected chi connectivity index (χ4v) is 5.88. The van der Waals surface area contributed by atoms with Crippen LogP contribution in [-0.4, -0.2) is 70.1 Å². The standard InChI is InChI=1S/C26H33N5O2S/c1-18(32)31-13-10-21(11-14-31)28-24-8-4-7-23-25(24)34-29-26(23)27-15-22(33)17-30-12-9-19-5-2-3-6-20(19)16-30/h2-8,21-22,28,33H,9-17H2,1H3,(H,27,29)/t22-/m0/s1. The molecule has 1 amide bonds. The van der Waals surface area contributed by atoms with Gasteiger partial charge in [0.1, 0.15) is 5.82 Å². The van der Waals surface area contributed by atoms with E-state index in [4.69, 9.17) is 0 Å². The summed E-state index contributed by atoms with van der Waals surface area (Å²) in [6.07, 6.45) is 2.48. The van der Waals surface area contributed by atoms with Gasteiger partial charge in [0, 0.05) is 57.6 Å². The molecule has 1 atom stereocenters. The molecule has 3 N–H and O–H groups in total. The van der Waals surface area contributed by atoms with E-state index < -0.39 is 6.10 Å². The number of hydrogen-bond acceptors (Lipinski definition) is 7. The lowest BCUT2D eigenvalue weighted by molar-refractivity contribution is -0.129. The van der Waals surface area contributed by atoms with Crippen molar-refractivity contribution in [2.24, 2.45) is 0 Å². The monoisotopic (exact) mass is 479 g/mol. The Labute approximate surface area is 204 Å². The number of rotatable bonds is 7. The van der Waals surface area contributed by atoms with Crippen LogP contribution in [0.4, 0.5) is 11.5 Å². The van der Waals surface area contributed by atoms with Gasteiger partial charge >= 0.3 is 0 Å². The normalized spacial score (nSPS) is 18.0. The van der Waals surface area contributed by atoms with Gasteiger partial charge < -0.3 is 20.6 Å². The first-order valence-electron chi connectivity index (χ1n) is 12.2. The van der Waals surface area contributed by atoms with Gasteiger partial charge in [-0.2, -0.15) is 4.37 Å². The van der Waals surface area contributed by atoms with Crippen molar-refractivity contribution in [2.45, 2.75) is 44.9 Å². The Morgan fingerprint density at radius 2 is 1.94 bits per heavy atom. The number of β-amino-alcohol motifs (C(OH)–C–C–N with tert-alkyl or cyclic N) is 1. The zero-order valence-electron chi connectivity index (χ0n) is 19.7. The van der Waals surface area contributed by atoms with Crippen molar-refractivity contribution in [2.75, 3.05) is 43.4 Å². The Kier molecular flexibility index (Phi) is 6.99. The van der Waals surface area contributed by atoms with Crippen molar-refractivity contribution in [1.82, 2.24) is 14.2 Å². The zero-order valence-corrected chi connectivity index (χ0v) is 20.5. The summed E-state index contributed by atoms with van der Waals surface area (Å²) in [5.41, 5.74) is 3.89. The third-order valence-corrected chi connectivity index (χ3v) is 7.88. The van der Waals surface area contributed by atoms with E-state index in [2.05, 4.69) is 62.4 Å². The van der Waals surface area contributed by atoms with E-state index in [1.165, 1.54) is 22.7 Å². The van der Waals surface area contributed by atoms with Gasteiger partial charge in [-0.15, -0.1) is 0 Å². The Hall–Kier alpha value is -2.68. The lowest BCUT2D eigenvalue weighted by Gasteiger charge is -2.32. The molecule has 0 unspecified atom stereocenters. The van der Waals surface area contributed by atoms with Gasteiger partial charge in [-0.25, -0.2) is 0 Å². The number of nitrogens with zero attached hydrogens (tertiary/aromatic N) is 3. The quantitative estimate of drug-likeness (QED) is 0.481. The SMILES string of the molecule is CC(=O)N1CCC(Nc2cccc3c(NC[C@H](O)CN4CCc5ccccc5C4)nsc23)CC1. The van der Waals surface area contributed by atoms with E-state index in [9.17, 15) is 9.90 Å². The average Bonchev–Trinajstić information content (AvgIpc) is 3.27. The number of hydrogen-bond donors (Lipinski definition) is 3. The first kappa shape index (κ1) is 23.1. The molecule has 1 saturated heterocycles. The Morgan fingerprint density at radius 3 is 2.74 bits per heavy atom. The number of aromatic nitrogens is 1. The molecule has 7 nitrogen and oxygen atoms in total. The van der Waals surface area contributed by atoms with Gasteiger partial charge in [0.05, 0.1) is 16.5 Å². The number of anilines is 2. The number of aliphatic hydroxyl groups excluding tert-OH is 1. The van der Waals surface area contributed by atoms with Gasteiger partial charge in [-0.1, -0.05) is 30.3 Å². The number of fused-ring (bicyclic) bond motifs is 2. The lowest BCUT2D eigenvalue weighted by atomic mass is 10.00. The molecule has 0 bridgehead atoms. The van der Waals surface area contributed by atoms with Gasteiger partial charge in [0.2, 0.25) is 5.91 Å². The number of amides is 1. The van der Waals surface area contributed by atoms with E-state index in [-0.39, 0.29) is 5.91 Å². The molecule has 2 aromatic carbocycles. The van der Waals surface area contributed by atoms with Crippen LogP contribution < -0.4 is 10.6 Å². The van der Waals surface area contributed by atoms with Crippen LogP contribution in [-0.2, 0) is 17.8 Å². The summed E-state index contributed by atoms with van der Waals surface area (Å²) in [5.74, 6) is 0.990. The number of carbonyl (C=O) groups excluding carboxylic acids is 1. The second-order valence-electron chi connectivity index (χ2n) is 9.43. The van der Waals surface area contributed by atoms with E-state index in [1.54, 1.807) is 6.92 Å². The van der Waals surface area contributed by atoms with Crippen molar-refractivity contribution >= 4 is 39.0 Å². The van der Waals surface area contributed by atoms with Crippen LogP contribution in [0.1, 0.15) is 30.9 Å². The molecule has 5 rings (SSSR count). The summed E-state index contributed by atoms with van der Waals surface area (Å²) in [6, 6.07) is 15.2. The Balaban J connectivity index is 1.16. The second-order valence-corrected chi connectivity index (χ2v) is 10.2. The molecule has 2 aliphatic heterocycles. The van der Waals surface area contributed by atoms with Crippen LogP contribution in [0.5, 0.6) is 0 Å². The highest BCUT2D eigenvalue weighted by molar-refractivity contribution is 7.14. The van der Waals surface area contributed by atoms with E-state index >= 15 is 0 Å². The van der Waals surface area contributed by atoms with Crippen molar-refractivity contribution in [3.8, 4) is 0 Å². The largest absolute Gasteiger partial charge is 0.390 e. The minimum Gasteiger partial charge on any atom is -0.390 e. The summed E-state index contributed by atoms with van der Waals surface area (Å²) in [6.45, 7) is 6.25. The summed E-state index contributed by atoms with van der Waals surface area (Å²) >= 11 is 1.48. The summed E-state index contributed by atoms with van der Waals surface area (Å²) in [5, 5.41) is 18.8. The molecule has 3 heterocycles. The molecule has 0 spiro atoms. The molecule has 8 heteroatoms. The van der Waals surface area contributed by atoms with Crippen LogP contribution in [0.2, 0.25) is 0 Å². The minimum atomic E-state index is -0.463. The van der Waals surface area contributed by atoms with Crippen LogP contribution in [0.25, 0.3) is 10.1 Å². The van der Waals surface area contributed by atoms with Crippen LogP contribution in [0.3, 0.4) is 0 Å². The molecule has 2 aliphatic rings.